The van der Waals surface area contributed by atoms with Gasteiger partial charge in [-0.3, -0.25) is 0 Å². The average molecular weight is 393 g/mol. The van der Waals surface area contributed by atoms with Crippen molar-refractivity contribution >= 4 is 23.0 Å². The van der Waals surface area contributed by atoms with E-state index in [9.17, 15) is 17.4 Å². The molecule has 140 valence electrons. The topological polar surface area (TPSA) is 52.3 Å². The van der Waals surface area contributed by atoms with Crippen LogP contribution in [0, 0.1) is 0 Å². The summed E-state index contributed by atoms with van der Waals surface area (Å²) >= 11 is 0. The molecule has 3 rings (SSSR count). The van der Waals surface area contributed by atoms with E-state index in [1.807, 2.05) is 30.3 Å². The largest absolute Gasteiger partial charge is 0.487 e. The highest BCUT2D eigenvalue weighted by Gasteiger charge is 2.37. The maximum Gasteiger partial charge on any atom is 0.475 e. The first-order chi connectivity index (χ1) is 12.9. The van der Waals surface area contributed by atoms with Crippen molar-refractivity contribution in [2.24, 2.45) is 0 Å². The van der Waals surface area contributed by atoms with Gasteiger partial charge in [0.1, 0.15) is 24.3 Å². The zero-order valence-electron chi connectivity index (χ0n) is 13.8. The van der Waals surface area contributed by atoms with Gasteiger partial charge in [-0.05, 0) is 35.9 Å². The maximum atomic E-state index is 12.4. The summed E-state index contributed by atoms with van der Waals surface area (Å²) in [6.07, 6.45) is 4.69. The van der Waals surface area contributed by atoms with Crippen LogP contribution in [0.4, 0.5) is 13.2 Å². The summed E-state index contributed by atoms with van der Waals surface area (Å²) in [6, 6.07) is 14.5. The van der Waals surface area contributed by atoms with Gasteiger partial charge in [0.05, 0.1) is 0 Å². The number of nitrogens with zero attached hydrogens (tertiary/aromatic N) is 1. The number of hydrogen-bond donors (Lipinski definition) is 0. The van der Waals surface area contributed by atoms with Crippen LogP contribution in [-0.2, 0) is 17.4 Å². The first kappa shape index (κ1) is 18.9. The van der Waals surface area contributed by atoms with Crippen LogP contribution in [-0.4, -0.2) is 14.7 Å². The van der Waals surface area contributed by atoms with E-state index in [-0.39, 0.29) is 11.5 Å². The smallest absolute Gasteiger partial charge is 0.475 e. The number of halogens is 3. The van der Waals surface area contributed by atoms with E-state index >= 15 is 0 Å². The third kappa shape index (κ3) is 5.30. The number of ether oxygens (including phenoxy) is 1. The molecule has 0 aliphatic heterocycles. The quantitative estimate of drug-likeness (QED) is 0.588. The van der Waals surface area contributed by atoms with E-state index < -0.39 is 16.3 Å². The van der Waals surface area contributed by atoms with Crippen molar-refractivity contribution in [3.63, 3.8) is 0 Å². The SMILES string of the molecule is O=S(c1ccc(/C=C/c2nc(COc3ccccc3)co2)cc1)C(F)(F)F. The maximum absolute atomic E-state index is 12.4. The Hall–Kier alpha value is -2.87. The second kappa shape index (κ2) is 8.22. The Morgan fingerprint density at radius 2 is 1.74 bits per heavy atom. The third-order valence-corrected chi connectivity index (χ3v) is 4.54. The van der Waals surface area contributed by atoms with Gasteiger partial charge in [-0.2, -0.15) is 13.2 Å². The molecule has 0 aliphatic rings. The number of benzene rings is 2. The Balaban J connectivity index is 1.60. The summed E-state index contributed by atoms with van der Waals surface area (Å²) in [5.74, 6) is 1.05. The number of oxazole rings is 1. The van der Waals surface area contributed by atoms with Crippen LogP contribution in [0.25, 0.3) is 12.2 Å². The molecule has 0 saturated carbocycles. The summed E-state index contributed by atoms with van der Waals surface area (Å²) < 4.78 is 59.4. The van der Waals surface area contributed by atoms with Gasteiger partial charge >= 0.3 is 5.51 Å². The summed E-state index contributed by atoms with van der Waals surface area (Å²) in [5.41, 5.74) is -3.54. The predicted octanol–water partition coefficient (Wildman–Crippen LogP) is 5.05. The molecule has 4 nitrogen and oxygen atoms in total. The lowest BCUT2D eigenvalue weighted by atomic mass is 10.2. The molecule has 0 fully saturated rings. The second-order valence-electron chi connectivity index (χ2n) is 5.40. The predicted molar refractivity (Wildman–Crippen MR) is 95.1 cm³/mol. The summed E-state index contributed by atoms with van der Waals surface area (Å²) in [4.78, 5) is 3.95. The van der Waals surface area contributed by atoms with Crippen LogP contribution >= 0.6 is 0 Å². The highest BCUT2D eigenvalue weighted by molar-refractivity contribution is 7.86. The van der Waals surface area contributed by atoms with Crippen molar-refractivity contribution in [3.05, 3.63) is 78.0 Å². The molecular formula is C19H14F3NO3S. The van der Waals surface area contributed by atoms with Crippen LogP contribution in [0.15, 0.2) is 70.2 Å². The van der Waals surface area contributed by atoms with Gasteiger partial charge < -0.3 is 9.15 Å². The van der Waals surface area contributed by atoms with E-state index in [1.165, 1.54) is 30.5 Å². The van der Waals surface area contributed by atoms with Crippen molar-refractivity contribution in [2.45, 2.75) is 17.0 Å². The first-order valence-electron chi connectivity index (χ1n) is 7.81. The molecule has 8 heteroatoms. The number of hydrogen-bond acceptors (Lipinski definition) is 4. The Morgan fingerprint density at radius 1 is 1.04 bits per heavy atom. The Morgan fingerprint density at radius 3 is 2.41 bits per heavy atom. The van der Waals surface area contributed by atoms with Crippen LogP contribution in [0.2, 0.25) is 0 Å². The lowest BCUT2D eigenvalue weighted by Gasteiger charge is -2.05. The van der Waals surface area contributed by atoms with Crippen LogP contribution in [0.1, 0.15) is 17.1 Å². The molecule has 0 aliphatic carbocycles. The summed E-state index contributed by atoms with van der Waals surface area (Å²) in [6.45, 7) is 0.249. The molecule has 3 aromatic rings. The zero-order valence-corrected chi connectivity index (χ0v) is 14.7. The number of alkyl halides is 3. The van der Waals surface area contributed by atoms with Gasteiger partial charge in [0.2, 0.25) is 5.89 Å². The number of aromatic nitrogens is 1. The molecule has 0 spiro atoms. The Kier molecular flexibility index (Phi) is 5.75. The fourth-order valence-electron chi connectivity index (χ4n) is 2.14. The summed E-state index contributed by atoms with van der Waals surface area (Å²) in [5, 5.41) is 0. The molecule has 0 N–H and O–H groups in total. The van der Waals surface area contributed by atoms with E-state index in [4.69, 9.17) is 9.15 Å². The normalized spacial score (nSPS) is 13.0. The minimum Gasteiger partial charge on any atom is -0.487 e. The number of rotatable bonds is 6. The third-order valence-electron chi connectivity index (χ3n) is 3.42. The highest BCUT2D eigenvalue weighted by Crippen LogP contribution is 2.26. The van der Waals surface area contributed by atoms with Crippen molar-refractivity contribution in [1.29, 1.82) is 0 Å². The lowest BCUT2D eigenvalue weighted by Crippen LogP contribution is -2.16. The molecule has 0 radical (unpaired) electrons. The standard InChI is InChI=1S/C19H14F3NO3S/c20-19(21,22)27(24)17-9-6-14(7-10-17)8-11-18-23-15(13-26-18)12-25-16-4-2-1-3-5-16/h1-11,13H,12H2/b11-8+. The van der Waals surface area contributed by atoms with Crippen molar-refractivity contribution < 1.29 is 26.5 Å². The molecular weight excluding hydrogens is 379 g/mol. The molecule has 0 amide bonds. The molecule has 0 bridgehead atoms. The fourth-order valence-corrected chi connectivity index (χ4v) is 2.79. The van der Waals surface area contributed by atoms with E-state index in [0.717, 1.165) is 0 Å². The van der Waals surface area contributed by atoms with Gasteiger partial charge in [0, 0.05) is 11.0 Å². The first-order valence-corrected chi connectivity index (χ1v) is 8.96. The molecule has 1 aromatic heterocycles. The molecule has 27 heavy (non-hydrogen) atoms. The van der Waals surface area contributed by atoms with Crippen molar-refractivity contribution in [2.75, 3.05) is 0 Å². The van der Waals surface area contributed by atoms with E-state index in [1.54, 1.807) is 12.2 Å². The molecule has 1 atom stereocenters. The monoisotopic (exact) mass is 393 g/mol. The van der Waals surface area contributed by atoms with Crippen LogP contribution in [0.5, 0.6) is 5.75 Å². The highest BCUT2D eigenvalue weighted by atomic mass is 32.2. The van der Waals surface area contributed by atoms with Crippen molar-refractivity contribution in [1.82, 2.24) is 4.98 Å². The molecule has 0 saturated heterocycles. The van der Waals surface area contributed by atoms with Gasteiger partial charge in [-0.15, -0.1) is 0 Å². The van der Waals surface area contributed by atoms with Gasteiger partial charge in [0.15, 0.2) is 10.8 Å². The fraction of sp³-hybridized carbons (Fsp3) is 0.105. The molecule has 2 aromatic carbocycles. The number of para-hydroxylation sites is 1. The summed E-state index contributed by atoms with van der Waals surface area (Å²) in [7, 11) is -3.03. The average Bonchev–Trinajstić information content (AvgIpc) is 3.12. The Labute approximate surface area is 155 Å². The van der Waals surface area contributed by atoms with E-state index in [0.29, 0.717) is 22.9 Å². The Bertz CT molecular complexity index is 935. The van der Waals surface area contributed by atoms with Crippen LogP contribution < -0.4 is 4.74 Å². The zero-order chi connectivity index (χ0) is 19.3. The minimum absolute atomic E-state index is 0.249. The van der Waals surface area contributed by atoms with Crippen molar-refractivity contribution in [3.8, 4) is 5.75 Å². The lowest BCUT2D eigenvalue weighted by molar-refractivity contribution is -0.0384. The molecule has 1 heterocycles. The van der Waals surface area contributed by atoms with Crippen LogP contribution in [0.3, 0.4) is 0 Å². The second-order valence-corrected chi connectivity index (χ2v) is 6.87. The van der Waals surface area contributed by atoms with Gasteiger partial charge in [-0.25, -0.2) is 9.19 Å². The van der Waals surface area contributed by atoms with Gasteiger partial charge in [0.25, 0.3) is 0 Å². The van der Waals surface area contributed by atoms with Gasteiger partial charge in [-0.1, -0.05) is 30.3 Å². The minimum atomic E-state index is -4.77. The molecule has 1 unspecified atom stereocenters. The van der Waals surface area contributed by atoms with E-state index in [2.05, 4.69) is 4.98 Å².